The van der Waals surface area contributed by atoms with Crippen molar-refractivity contribution in [2.45, 2.75) is 0 Å². The molecule has 0 atom stereocenters. The number of aromatic nitrogens is 3. The number of anilines is 1. The lowest BCUT2D eigenvalue weighted by atomic mass is 10.1. The molecule has 114 valence electrons. The summed E-state index contributed by atoms with van der Waals surface area (Å²) < 4.78 is 1.92. The lowest BCUT2D eigenvalue weighted by Crippen LogP contribution is -2.08. The number of rotatable bonds is 3. The first kappa shape index (κ1) is 14.0. The molecule has 0 aliphatic carbocycles. The van der Waals surface area contributed by atoms with Crippen molar-refractivity contribution < 1.29 is 0 Å². The van der Waals surface area contributed by atoms with Crippen LogP contribution in [-0.4, -0.2) is 28.7 Å². The lowest BCUT2D eigenvalue weighted by molar-refractivity contribution is 0.951. The van der Waals surface area contributed by atoms with Gasteiger partial charge in [0.05, 0.1) is 16.8 Å². The highest BCUT2D eigenvalue weighted by atomic mass is 32.1. The Hall–Kier alpha value is -2.66. The summed E-state index contributed by atoms with van der Waals surface area (Å²) in [5.41, 5.74) is 5.09. The molecule has 4 aromatic rings. The van der Waals surface area contributed by atoms with E-state index < -0.39 is 0 Å². The third-order valence-corrected chi connectivity index (χ3v) is 4.69. The van der Waals surface area contributed by atoms with Gasteiger partial charge in [0.25, 0.3) is 0 Å². The van der Waals surface area contributed by atoms with E-state index in [4.69, 9.17) is 5.10 Å². The van der Waals surface area contributed by atoms with E-state index in [1.165, 1.54) is 4.88 Å². The third-order valence-electron chi connectivity index (χ3n) is 3.79. The van der Waals surface area contributed by atoms with Gasteiger partial charge in [0.1, 0.15) is 5.69 Å². The molecule has 23 heavy (non-hydrogen) atoms. The zero-order chi connectivity index (χ0) is 15.8. The number of imidazole rings is 1. The molecule has 4 nitrogen and oxygen atoms in total. The molecule has 4 rings (SSSR count). The van der Waals surface area contributed by atoms with Crippen LogP contribution in [-0.2, 0) is 0 Å². The molecule has 3 aromatic heterocycles. The first-order valence-electron chi connectivity index (χ1n) is 7.39. The van der Waals surface area contributed by atoms with Crippen LogP contribution in [0.3, 0.4) is 0 Å². The molecule has 5 heteroatoms. The zero-order valence-corrected chi connectivity index (χ0v) is 13.8. The normalized spacial score (nSPS) is 11.0. The summed E-state index contributed by atoms with van der Waals surface area (Å²) >= 11 is 1.70. The number of fused-ring (bicyclic) bond motifs is 1. The Kier molecular flexibility index (Phi) is 3.35. The van der Waals surface area contributed by atoms with Gasteiger partial charge in [-0.15, -0.1) is 11.3 Å². The molecule has 3 heterocycles. The van der Waals surface area contributed by atoms with Crippen molar-refractivity contribution in [3.8, 4) is 21.8 Å². The molecule has 0 aliphatic rings. The Morgan fingerprint density at radius 2 is 1.96 bits per heavy atom. The van der Waals surface area contributed by atoms with E-state index in [9.17, 15) is 0 Å². The standard InChI is InChI=1S/C18H16N4S/c1-21(2)14-6-3-5-13(11-14)15-8-9-18-19-12-16(22(18)20-15)17-7-4-10-23-17/h3-12H,1-2H3. The van der Waals surface area contributed by atoms with E-state index in [1.54, 1.807) is 11.3 Å². The molecule has 0 N–H and O–H groups in total. The van der Waals surface area contributed by atoms with Crippen molar-refractivity contribution in [1.82, 2.24) is 14.6 Å². The van der Waals surface area contributed by atoms with Crippen molar-refractivity contribution in [3.63, 3.8) is 0 Å². The largest absolute Gasteiger partial charge is 0.378 e. The molecule has 0 spiro atoms. The molecule has 0 radical (unpaired) electrons. The van der Waals surface area contributed by atoms with Gasteiger partial charge in [-0.1, -0.05) is 18.2 Å². The number of thiophene rings is 1. The molecule has 0 saturated carbocycles. The fraction of sp³-hybridized carbons (Fsp3) is 0.111. The summed E-state index contributed by atoms with van der Waals surface area (Å²) in [6.45, 7) is 0. The van der Waals surface area contributed by atoms with Gasteiger partial charge in [-0.3, -0.25) is 0 Å². The summed E-state index contributed by atoms with van der Waals surface area (Å²) in [6, 6.07) is 16.6. The van der Waals surface area contributed by atoms with Crippen LogP contribution >= 0.6 is 11.3 Å². The van der Waals surface area contributed by atoms with Crippen LogP contribution in [0.5, 0.6) is 0 Å². The second kappa shape index (κ2) is 5.52. The van der Waals surface area contributed by atoms with Gasteiger partial charge in [0.15, 0.2) is 5.65 Å². The summed E-state index contributed by atoms with van der Waals surface area (Å²) in [6.07, 6.45) is 1.88. The highest BCUT2D eigenvalue weighted by molar-refractivity contribution is 7.13. The maximum absolute atomic E-state index is 4.80. The second-order valence-electron chi connectivity index (χ2n) is 5.55. The van der Waals surface area contributed by atoms with Crippen molar-refractivity contribution in [3.05, 3.63) is 60.1 Å². The van der Waals surface area contributed by atoms with E-state index in [0.29, 0.717) is 0 Å². The van der Waals surface area contributed by atoms with Crippen molar-refractivity contribution >= 4 is 22.7 Å². The SMILES string of the molecule is CN(C)c1cccc(-c2ccc3ncc(-c4cccs4)n3n2)c1. The molecule has 0 saturated heterocycles. The van der Waals surface area contributed by atoms with Crippen LogP contribution in [0.25, 0.3) is 27.5 Å². The van der Waals surface area contributed by atoms with Crippen LogP contribution in [0, 0.1) is 0 Å². The van der Waals surface area contributed by atoms with Crippen molar-refractivity contribution in [2.24, 2.45) is 0 Å². The van der Waals surface area contributed by atoms with Gasteiger partial charge < -0.3 is 4.90 Å². The predicted octanol–water partition coefficient (Wildman–Crippen LogP) is 4.19. The predicted molar refractivity (Wildman–Crippen MR) is 96.1 cm³/mol. The summed E-state index contributed by atoms with van der Waals surface area (Å²) in [7, 11) is 4.08. The molecule has 1 aromatic carbocycles. The second-order valence-corrected chi connectivity index (χ2v) is 6.50. The number of hydrogen-bond acceptors (Lipinski definition) is 4. The highest BCUT2D eigenvalue weighted by Crippen LogP contribution is 2.27. The molecule has 0 aliphatic heterocycles. The Bertz CT molecular complexity index is 954. The minimum absolute atomic E-state index is 0.862. The van der Waals surface area contributed by atoms with Crippen molar-refractivity contribution in [2.75, 3.05) is 19.0 Å². The van der Waals surface area contributed by atoms with Crippen LogP contribution < -0.4 is 4.90 Å². The van der Waals surface area contributed by atoms with E-state index in [0.717, 1.165) is 28.3 Å². The summed E-state index contributed by atoms with van der Waals surface area (Å²) in [4.78, 5) is 7.72. The van der Waals surface area contributed by atoms with Crippen LogP contribution in [0.15, 0.2) is 60.1 Å². The maximum Gasteiger partial charge on any atom is 0.154 e. The Morgan fingerprint density at radius 3 is 2.74 bits per heavy atom. The summed E-state index contributed by atoms with van der Waals surface area (Å²) in [5.74, 6) is 0. The Labute approximate surface area is 138 Å². The number of nitrogens with zero attached hydrogens (tertiary/aromatic N) is 4. The van der Waals surface area contributed by atoms with E-state index in [-0.39, 0.29) is 0 Å². The Morgan fingerprint density at radius 1 is 1.04 bits per heavy atom. The highest BCUT2D eigenvalue weighted by Gasteiger charge is 2.10. The number of hydrogen-bond donors (Lipinski definition) is 0. The minimum atomic E-state index is 0.862. The van der Waals surface area contributed by atoms with Gasteiger partial charge in [-0.25, -0.2) is 9.50 Å². The molecule has 0 fully saturated rings. The van der Waals surface area contributed by atoms with Gasteiger partial charge in [0.2, 0.25) is 0 Å². The first-order valence-corrected chi connectivity index (χ1v) is 8.27. The molecular formula is C18H16N4S. The van der Waals surface area contributed by atoms with Gasteiger partial charge in [-0.05, 0) is 35.7 Å². The van der Waals surface area contributed by atoms with Crippen LogP contribution in [0.1, 0.15) is 0 Å². The molecule has 0 bridgehead atoms. The van der Waals surface area contributed by atoms with Crippen molar-refractivity contribution in [1.29, 1.82) is 0 Å². The first-order chi connectivity index (χ1) is 11.2. The third kappa shape index (κ3) is 2.49. The lowest BCUT2D eigenvalue weighted by Gasteiger charge is -2.13. The average molecular weight is 320 g/mol. The minimum Gasteiger partial charge on any atom is -0.378 e. The number of benzene rings is 1. The van der Waals surface area contributed by atoms with Gasteiger partial charge in [0, 0.05) is 25.3 Å². The van der Waals surface area contributed by atoms with Crippen LogP contribution in [0.4, 0.5) is 5.69 Å². The topological polar surface area (TPSA) is 33.4 Å². The average Bonchev–Trinajstić information content (AvgIpc) is 3.23. The van der Waals surface area contributed by atoms with Gasteiger partial charge >= 0.3 is 0 Å². The fourth-order valence-electron chi connectivity index (χ4n) is 2.56. The maximum atomic E-state index is 4.80. The van der Waals surface area contributed by atoms with E-state index in [1.807, 2.05) is 43.0 Å². The smallest absolute Gasteiger partial charge is 0.154 e. The Balaban J connectivity index is 1.85. The molecular weight excluding hydrogens is 304 g/mol. The summed E-state index contributed by atoms with van der Waals surface area (Å²) in [5, 5.41) is 6.87. The van der Waals surface area contributed by atoms with Gasteiger partial charge in [-0.2, -0.15) is 5.10 Å². The molecule has 0 unspecified atom stereocenters. The molecule has 0 amide bonds. The quantitative estimate of drug-likeness (QED) is 0.567. The van der Waals surface area contributed by atoms with E-state index >= 15 is 0 Å². The van der Waals surface area contributed by atoms with Crippen LogP contribution in [0.2, 0.25) is 0 Å². The monoisotopic (exact) mass is 320 g/mol. The zero-order valence-electron chi connectivity index (χ0n) is 13.0. The van der Waals surface area contributed by atoms with E-state index in [2.05, 4.69) is 45.6 Å². The fourth-order valence-corrected chi connectivity index (χ4v) is 3.28.